The van der Waals surface area contributed by atoms with Crippen molar-refractivity contribution in [2.75, 3.05) is 13.6 Å². The molecule has 8 nitrogen and oxygen atoms in total. The molecular weight excluding hydrogens is 494 g/mol. The molecule has 2 aromatic carbocycles. The molecular formula is C28H30F2N4O4. The normalized spacial score (nSPS) is 18.3. The number of halogens is 2. The van der Waals surface area contributed by atoms with Crippen LogP contribution in [0.1, 0.15) is 47.4 Å². The van der Waals surface area contributed by atoms with Gasteiger partial charge >= 0.3 is 0 Å². The smallest absolute Gasteiger partial charge is 0.257 e. The van der Waals surface area contributed by atoms with Crippen LogP contribution in [-0.2, 0) is 16.1 Å². The fourth-order valence-corrected chi connectivity index (χ4v) is 4.68. The molecule has 10 heteroatoms. The maximum absolute atomic E-state index is 13.5. The lowest BCUT2D eigenvalue weighted by molar-refractivity contribution is -0.135. The number of aryl methyl sites for hydroxylation is 1. The summed E-state index contributed by atoms with van der Waals surface area (Å²) in [7, 11) is 1.64. The fraction of sp³-hybridized carbons (Fsp3) is 0.357. The lowest BCUT2D eigenvalue weighted by Crippen LogP contribution is -2.44. The van der Waals surface area contributed by atoms with Crippen molar-refractivity contribution in [1.29, 1.82) is 0 Å². The van der Waals surface area contributed by atoms with Crippen molar-refractivity contribution in [3.05, 3.63) is 77.1 Å². The topological polar surface area (TPSA) is 105 Å². The zero-order valence-corrected chi connectivity index (χ0v) is 21.3. The van der Waals surface area contributed by atoms with E-state index in [4.69, 9.17) is 4.52 Å². The number of carbonyl (C=O) groups is 3. The standard InChI is InChI=1S/C28H30F2N4O4/c1-17-25(26(33-38-17)19-7-4-3-5-8-19)28(37)32-23-10-6-9-20(13-24(35)34(2)16-23)27(36)31-15-18-11-21(29)14-22(30)12-18/h3-5,7-8,11-12,14,20,23H,6,9-10,13,15-16H2,1-2H3,(H,31,36)(H,32,37). The maximum atomic E-state index is 13.5. The minimum absolute atomic E-state index is 0.00340. The molecule has 4 rings (SSSR count). The summed E-state index contributed by atoms with van der Waals surface area (Å²) in [6.45, 7) is 1.91. The number of hydrogen-bond donors (Lipinski definition) is 2. The summed E-state index contributed by atoms with van der Waals surface area (Å²) in [4.78, 5) is 40.5. The predicted molar refractivity (Wildman–Crippen MR) is 136 cm³/mol. The second-order valence-corrected chi connectivity index (χ2v) is 9.60. The summed E-state index contributed by atoms with van der Waals surface area (Å²) in [6, 6.07) is 12.0. The van der Waals surface area contributed by atoms with E-state index in [2.05, 4.69) is 15.8 Å². The van der Waals surface area contributed by atoms with E-state index >= 15 is 0 Å². The maximum Gasteiger partial charge on any atom is 0.257 e. The van der Waals surface area contributed by atoms with Gasteiger partial charge in [0.2, 0.25) is 11.8 Å². The van der Waals surface area contributed by atoms with E-state index in [1.165, 1.54) is 4.90 Å². The molecule has 0 radical (unpaired) electrons. The van der Waals surface area contributed by atoms with Gasteiger partial charge in [-0.3, -0.25) is 14.4 Å². The number of likely N-dealkylation sites (N-methyl/N-ethyl adjacent to an activating group) is 1. The average molecular weight is 525 g/mol. The fourth-order valence-electron chi connectivity index (χ4n) is 4.68. The Bertz CT molecular complexity index is 1290. The first-order valence-corrected chi connectivity index (χ1v) is 12.5. The van der Waals surface area contributed by atoms with Crippen molar-refractivity contribution >= 4 is 17.7 Å². The molecule has 2 heterocycles. The van der Waals surface area contributed by atoms with Gasteiger partial charge in [0, 0.05) is 50.1 Å². The van der Waals surface area contributed by atoms with E-state index in [-0.39, 0.29) is 43.3 Å². The van der Waals surface area contributed by atoms with Crippen LogP contribution in [-0.4, -0.2) is 47.4 Å². The summed E-state index contributed by atoms with van der Waals surface area (Å²) in [5, 5.41) is 9.77. The third-order valence-corrected chi connectivity index (χ3v) is 6.68. The Morgan fingerprint density at radius 1 is 1.11 bits per heavy atom. The molecule has 3 amide bonds. The minimum atomic E-state index is -0.723. The van der Waals surface area contributed by atoms with Gasteiger partial charge in [0.05, 0.1) is 0 Å². The highest BCUT2D eigenvalue weighted by Gasteiger charge is 2.29. The van der Waals surface area contributed by atoms with Crippen molar-refractivity contribution in [3.63, 3.8) is 0 Å². The molecule has 0 aliphatic carbocycles. The van der Waals surface area contributed by atoms with E-state index in [9.17, 15) is 23.2 Å². The second-order valence-electron chi connectivity index (χ2n) is 9.60. The lowest BCUT2D eigenvalue weighted by atomic mass is 9.96. The van der Waals surface area contributed by atoms with Crippen molar-refractivity contribution in [3.8, 4) is 11.3 Å². The predicted octanol–water partition coefficient (Wildman–Crippen LogP) is 3.99. The van der Waals surface area contributed by atoms with Crippen LogP contribution < -0.4 is 10.6 Å². The Labute approximate surface area is 219 Å². The number of carbonyl (C=O) groups excluding carboxylic acids is 3. The Morgan fingerprint density at radius 2 is 1.82 bits per heavy atom. The Hall–Kier alpha value is -4.08. The lowest BCUT2D eigenvalue weighted by Gasteiger charge is -2.24. The first-order chi connectivity index (χ1) is 18.2. The molecule has 1 aliphatic heterocycles. The summed E-state index contributed by atoms with van der Waals surface area (Å²) < 4.78 is 32.2. The third-order valence-electron chi connectivity index (χ3n) is 6.68. The molecule has 200 valence electrons. The van der Waals surface area contributed by atoms with Gasteiger partial charge in [-0.05, 0) is 37.5 Å². The van der Waals surface area contributed by atoms with E-state index < -0.39 is 17.6 Å². The Kier molecular flexibility index (Phi) is 8.50. The van der Waals surface area contributed by atoms with Crippen LogP contribution in [0.2, 0.25) is 0 Å². The van der Waals surface area contributed by atoms with Crippen molar-refractivity contribution in [2.24, 2.45) is 5.92 Å². The molecule has 1 aromatic heterocycles. The molecule has 1 fully saturated rings. The van der Waals surface area contributed by atoms with Gasteiger partial charge in [0.25, 0.3) is 5.91 Å². The molecule has 2 atom stereocenters. The molecule has 3 aromatic rings. The van der Waals surface area contributed by atoms with Crippen LogP contribution in [0.15, 0.2) is 53.1 Å². The Balaban J connectivity index is 1.40. The highest BCUT2D eigenvalue weighted by Crippen LogP contribution is 2.26. The quantitative estimate of drug-likeness (QED) is 0.508. The number of nitrogens with one attached hydrogen (secondary N) is 2. The largest absolute Gasteiger partial charge is 0.360 e. The zero-order valence-electron chi connectivity index (χ0n) is 21.3. The van der Waals surface area contributed by atoms with Crippen LogP contribution in [0.25, 0.3) is 11.3 Å². The minimum Gasteiger partial charge on any atom is -0.360 e. The van der Waals surface area contributed by atoms with Gasteiger partial charge in [-0.1, -0.05) is 41.9 Å². The highest BCUT2D eigenvalue weighted by molar-refractivity contribution is 6.01. The molecule has 1 aliphatic rings. The van der Waals surface area contributed by atoms with Crippen LogP contribution in [0.5, 0.6) is 0 Å². The van der Waals surface area contributed by atoms with Gasteiger partial charge in [-0.15, -0.1) is 0 Å². The van der Waals surface area contributed by atoms with Gasteiger partial charge < -0.3 is 20.1 Å². The zero-order chi connectivity index (χ0) is 27.2. The van der Waals surface area contributed by atoms with E-state index in [0.29, 0.717) is 41.8 Å². The summed E-state index contributed by atoms with van der Waals surface area (Å²) in [6.07, 6.45) is 1.57. The van der Waals surface area contributed by atoms with E-state index in [1.54, 1.807) is 14.0 Å². The van der Waals surface area contributed by atoms with Crippen molar-refractivity contribution in [2.45, 2.75) is 45.2 Å². The first kappa shape index (κ1) is 27.0. The number of nitrogens with zero attached hydrogens (tertiary/aromatic N) is 2. The first-order valence-electron chi connectivity index (χ1n) is 12.5. The molecule has 0 spiro atoms. The van der Waals surface area contributed by atoms with Gasteiger partial charge in [-0.2, -0.15) is 0 Å². The number of hydrogen-bond acceptors (Lipinski definition) is 5. The average Bonchev–Trinajstić information content (AvgIpc) is 3.29. The summed E-state index contributed by atoms with van der Waals surface area (Å²) >= 11 is 0. The Morgan fingerprint density at radius 3 is 2.53 bits per heavy atom. The van der Waals surface area contributed by atoms with Crippen LogP contribution >= 0.6 is 0 Å². The SMILES string of the molecule is Cc1onc(-c2ccccc2)c1C(=O)NC1CCCC(C(=O)NCc2cc(F)cc(F)c2)CC(=O)N(C)C1. The molecule has 0 bridgehead atoms. The summed E-state index contributed by atoms with van der Waals surface area (Å²) in [5.74, 6) is -2.57. The molecule has 38 heavy (non-hydrogen) atoms. The number of aromatic nitrogens is 1. The monoisotopic (exact) mass is 524 g/mol. The molecule has 1 saturated heterocycles. The molecule has 2 N–H and O–H groups in total. The molecule has 0 saturated carbocycles. The van der Waals surface area contributed by atoms with Gasteiger partial charge in [-0.25, -0.2) is 8.78 Å². The van der Waals surface area contributed by atoms with Crippen LogP contribution in [0.3, 0.4) is 0 Å². The molecule has 2 unspecified atom stereocenters. The van der Waals surface area contributed by atoms with E-state index in [0.717, 1.165) is 23.8 Å². The van der Waals surface area contributed by atoms with Gasteiger partial charge in [0.1, 0.15) is 28.7 Å². The van der Waals surface area contributed by atoms with Crippen LogP contribution in [0, 0.1) is 24.5 Å². The van der Waals surface area contributed by atoms with Gasteiger partial charge in [0.15, 0.2) is 0 Å². The summed E-state index contributed by atoms with van der Waals surface area (Å²) in [5.41, 5.74) is 1.84. The van der Waals surface area contributed by atoms with Crippen molar-refractivity contribution < 1.29 is 27.7 Å². The number of amides is 3. The highest BCUT2D eigenvalue weighted by atomic mass is 19.1. The van der Waals surface area contributed by atoms with Crippen molar-refractivity contribution in [1.82, 2.24) is 20.7 Å². The second kappa shape index (κ2) is 12.0. The van der Waals surface area contributed by atoms with Crippen LogP contribution in [0.4, 0.5) is 8.78 Å². The number of benzene rings is 2. The number of rotatable bonds is 6. The van der Waals surface area contributed by atoms with E-state index in [1.807, 2.05) is 30.3 Å². The third kappa shape index (κ3) is 6.62.